The molecule has 0 aromatic heterocycles. The van der Waals surface area contributed by atoms with Crippen molar-refractivity contribution < 1.29 is 9.53 Å². The Morgan fingerprint density at radius 1 is 1.47 bits per heavy atom. The number of carbonyl (C=O) groups is 1. The molecule has 1 fully saturated rings. The van der Waals surface area contributed by atoms with E-state index in [4.69, 9.17) is 4.74 Å². The zero-order chi connectivity index (χ0) is 13.5. The molecule has 0 spiro atoms. The third-order valence-electron chi connectivity index (χ3n) is 3.19. The minimum Gasteiger partial charge on any atom is -0.497 e. The van der Waals surface area contributed by atoms with Crippen molar-refractivity contribution in [1.29, 1.82) is 0 Å². The van der Waals surface area contributed by atoms with Crippen LogP contribution in [0.4, 0.5) is 0 Å². The van der Waals surface area contributed by atoms with Gasteiger partial charge in [0.05, 0.1) is 13.3 Å². The molecule has 2 N–H and O–H groups in total. The standard InChI is InChI=1S/C14H19N3O2/c1-19-13-4-2-3-11(9-13)10-16-17-14(18)12-5-7-15-8-6-12/h2-4,9-10,12,15H,5-8H2,1H3,(H,17,18)/b16-10-. The van der Waals surface area contributed by atoms with Gasteiger partial charge in [0.2, 0.25) is 5.91 Å². The predicted octanol–water partition coefficient (Wildman–Crippen LogP) is 1.14. The zero-order valence-corrected chi connectivity index (χ0v) is 11.1. The van der Waals surface area contributed by atoms with Crippen LogP contribution in [0.5, 0.6) is 5.75 Å². The number of hydrazone groups is 1. The minimum atomic E-state index is 0.000598. The highest BCUT2D eigenvalue weighted by Gasteiger charge is 2.20. The van der Waals surface area contributed by atoms with Gasteiger partial charge >= 0.3 is 0 Å². The number of hydrogen-bond acceptors (Lipinski definition) is 4. The summed E-state index contributed by atoms with van der Waals surface area (Å²) in [4.78, 5) is 11.8. The first-order valence-electron chi connectivity index (χ1n) is 6.47. The van der Waals surface area contributed by atoms with E-state index in [9.17, 15) is 4.79 Å². The topological polar surface area (TPSA) is 62.7 Å². The highest BCUT2D eigenvalue weighted by molar-refractivity contribution is 5.83. The number of piperidine rings is 1. The van der Waals surface area contributed by atoms with Crippen LogP contribution in [0.15, 0.2) is 29.4 Å². The van der Waals surface area contributed by atoms with E-state index in [2.05, 4.69) is 15.8 Å². The Balaban J connectivity index is 1.86. The van der Waals surface area contributed by atoms with Gasteiger partial charge in [0.25, 0.3) is 0 Å². The average molecular weight is 261 g/mol. The number of hydrogen-bond donors (Lipinski definition) is 2. The van der Waals surface area contributed by atoms with Gasteiger partial charge in [-0.15, -0.1) is 0 Å². The zero-order valence-electron chi connectivity index (χ0n) is 11.1. The smallest absolute Gasteiger partial charge is 0.243 e. The van der Waals surface area contributed by atoms with Crippen LogP contribution in [0.3, 0.4) is 0 Å². The van der Waals surface area contributed by atoms with Crippen molar-refractivity contribution in [2.24, 2.45) is 11.0 Å². The molecule has 2 rings (SSSR count). The number of methoxy groups -OCH3 is 1. The molecule has 0 saturated carbocycles. The lowest BCUT2D eigenvalue weighted by atomic mass is 9.98. The van der Waals surface area contributed by atoms with E-state index in [0.717, 1.165) is 37.2 Å². The van der Waals surface area contributed by atoms with Gasteiger partial charge in [0, 0.05) is 5.92 Å². The summed E-state index contributed by atoms with van der Waals surface area (Å²) in [5, 5.41) is 7.22. The molecule has 1 amide bonds. The van der Waals surface area contributed by atoms with Crippen LogP contribution in [-0.4, -0.2) is 32.3 Å². The van der Waals surface area contributed by atoms with E-state index in [-0.39, 0.29) is 11.8 Å². The van der Waals surface area contributed by atoms with Crippen LogP contribution in [0, 0.1) is 5.92 Å². The fourth-order valence-electron chi connectivity index (χ4n) is 2.07. The van der Waals surface area contributed by atoms with Gasteiger partial charge in [0.1, 0.15) is 5.75 Å². The molecule has 1 saturated heterocycles. The highest BCUT2D eigenvalue weighted by atomic mass is 16.5. The Bertz CT molecular complexity index is 454. The van der Waals surface area contributed by atoms with E-state index >= 15 is 0 Å². The van der Waals surface area contributed by atoms with Gasteiger partial charge in [0.15, 0.2) is 0 Å². The third-order valence-corrected chi connectivity index (χ3v) is 3.19. The first-order valence-corrected chi connectivity index (χ1v) is 6.47. The lowest BCUT2D eigenvalue weighted by Crippen LogP contribution is -2.36. The molecule has 1 aromatic carbocycles. The Kier molecular flexibility index (Phi) is 4.92. The van der Waals surface area contributed by atoms with Crippen molar-refractivity contribution in [1.82, 2.24) is 10.7 Å². The molecule has 1 aliphatic rings. The summed E-state index contributed by atoms with van der Waals surface area (Å²) in [6.45, 7) is 1.80. The van der Waals surface area contributed by atoms with Crippen molar-refractivity contribution in [2.45, 2.75) is 12.8 Å². The molecule has 1 heterocycles. The number of nitrogens with one attached hydrogen (secondary N) is 2. The predicted molar refractivity (Wildman–Crippen MR) is 74.3 cm³/mol. The summed E-state index contributed by atoms with van der Waals surface area (Å²) in [6.07, 6.45) is 3.38. The summed E-state index contributed by atoms with van der Waals surface area (Å²) in [5.41, 5.74) is 3.49. The molecule has 0 atom stereocenters. The maximum absolute atomic E-state index is 11.8. The van der Waals surface area contributed by atoms with Gasteiger partial charge < -0.3 is 10.1 Å². The van der Waals surface area contributed by atoms with Crippen LogP contribution in [0.1, 0.15) is 18.4 Å². The molecule has 1 aliphatic heterocycles. The van der Waals surface area contributed by atoms with E-state index in [1.165, 1.54) is 0 Å². The van der Waals surface area contributed by atoms with Crippen molar-refractivity contribution in [3.05, 3.63) is 29.8 Å². The lowest BCUT2D eigenvalue weighted by Gasteiger charge is -2.20. The fraction of sp³-hybridized carbons (Fsp3) is 0.429. The summed E-state index contributed by atoms with van der Waals surface area (Å²) >= 11 is 0. The van der Waals surface area contributed by atoms with Crippen LogP contribution in [-0.2, 0) is 4.79 Å². The molecule has 1 aromatic rings. The number of carbonyl (C=O) groups excluding carboxylic acids is 1. The molecular formula is C14H19N3O2. The molecule has 0 radical (unpaired) electrons. The molecule has 19 heavy (non-hydrogen) atoms. The maximum atomic E-state index is 11.8. The van der Waals surface area contributed by atoms with E-state index in [1.807, 2.05) is 24.3 Å². The van der Waals surface area contributed by atoms with Gasteiger partial charge in [-0.3, -0.25) is 4.79 Å². The van der Waals surface area contributed by atoms with Crippen molar-refractivity contribution in [3.8, 4) is 5.75 Å². The minimum absolute atomic E-state index is 0.000598. The van der Waals surface area contributed by atoms with Crippen LogP contribution in [0.2, 0.25) is 0 Å². The van der Waals surface area contributed by atoms with Crippen LogP contribution >= 0.6 is 0 Å². The number of benzene rings is 1. The van der Waals surface area contributed by atoms with E-state index in [0.29, 0.717) is 0 Å². The Labute approximate surface area is 113 Å². The Morgan fingerprint density at radius 2 is 2.26 bits per heavy atom. The quantitative estimate of drug-likeness (QED) is 0.631. The Hall–Kier alpha value is -1.88. The number of nitrogens with zero attached hydrogens (tertiary/aromatic N) is 1. The summed E-state index contributed by atoms with van der Waals surface area (Å²) in [6, 6.07) is 7.52. The highest BCUT2D eigenvalue weighted by Crippen LogP contribution is 2.12. The first kappa shape index (κ1) is 13.5. The van der Waals surface area contributed by atoms with Crippen molar-refractivity contribution in [2.75, 3.05) is 20.2 Å². The molecule has 102 valence electrons. The summed E-state index contributed by atoms with van der Waals surface area (Å²) in [7, 11) is 1.62. The fourth-order valence-corrected chi connectivity index (χ4v) is 2.07. The first-order chi connectivity index (χ1) is 9.29. The second-order valence-electron chi connectivity index (χ2n) is 4.54. The van der Waals surface area contributed by atoms with E-state index in [1.54, 1.807) is 13.3 Å². The second kappa shape index (κ2) is 6.89. The lowest BCUT2D eigenvalue weighted by molar-refractivity contribution is -0.125. The van der Waals surface area contributed by atoms with Crippen molar-refractivity contribution >= 4 is 12.1 Å². The molecule has 0 aliphatic carbocycles. The largest absolute Gasteiger partial charge is 0.497 e. The average Bonchev–Trinajstić information content (AvgIpc) is 2.48. The summed E-state index contributed by atoms with van der Waals surface area (Å²) < 4.78 is 5.12. The molecule has 0 bridgehead atoms. The van der Waals surface area contributed by atoms with Crippen molar-refractivity contribution in [3.63, 3.8) is 0 Å². The Morgan fingerprint density at radius 3 is 3.00 bits per heavy atom. The molecule has 5 nitrogen and oxygen atoms in total. The number of rotatable bonds is 4. The van der Waals surface area contributed by atoms with Crippen LogP contribution in [0.25, 0.3) is 0 Å². The van der Waals surface area contributed by atoms with Crippen LogP contribution < -0.4 is 15.5 Å². The molecule has 0 unspecified atom stereocenters. The van der Waals surface area contributed by atoms with Gasteiger partial charge in [-0.25, -0.2) is 5.43 Å². The van der Waals surface area contributed by atoms with E-state index < -0.39 is 0 Å². The third kappa shape index (κ3) is 4.06. The van der Waals surface area contributed by atoms with Gasteiger partial charge in [-0.2, -0.15) is 5.10 Å². The molecular weight excluding hydrogens is 242 g/mol. The maximum Gasteiger partial charge on any atom is 0.243 e. The number of amides is 1. The normalized spacial score (nSPS) is 16.5. The SMILES string of the molecule is COc1cccc(/C=N\NC(=O)C2CCNCC2)c1. The second-order valence-corrected chi connectivity index (χ2v) is 4.54. The number of ether oxygens (including phenoxy) is 1. The van der Waals surface area contributed by atoms with Gasteiger partial charge in [-0.05, 0) is 43.6 Å². The monoisotopic (exact) mass is 261 g/mol. The van der Waals surface area contributed by atoms with Gasteiger partial charge in [-0.1, -0.05) is 12.1 Å². The summed E-state index contributed by atoms with van der Waals surface area (Å²) in [5.74, 6) is 0.845. The molecule has 5 heteroatoms.